The number of nitrogens with zero attached hydrogens (tertiary/aromatic N) is 3. The molecule has 1 atom stereocenters. The van der Waals surface area contributed by atoms with Crippen LogP contribution in [-0.4, -0.2) is 46.1 Å². The minimum Gasteiger partial charge on any atom is -0.506 e. The van der Waals surface area contributed by atoms with E-state index in [0.717, 1.165) is 26.1 Å². The largest absolute Gasteiger partial charge is 0.506 e. The first kappa shape index (κ1) is 26.5. The zero-order valence-corrected chi connectivity index (χ0v) is 20.4. The number of carbonyl (C=O) groups excluding carboxylic acids is 2. The first-order valence-corrected chi connectivity index (χ1v) is 11.2. The van der Waals surface area contributed by atoms with E-state index in [9.17, 15) is 20.0 Å². The number of aryl methyl sites for hydroxylation is 1. The van der Waals surface area contributed by atoms with E-state index in [1.807, 2.05) is 18.2 Å². The van der Waals surface area contributed by atoms with E-state index in [0.29, 0.717) is 11.3 Å². The molecule has 0 saturated carbocycles. The van der Waals surface area contributed by atoms with Crippen LogP contribution >= 0.6 is 12.4 Å². The van der Waals surface area contributed by atoms with Crippen molar-refractivity contribution in [3.05, 3.63) is 88.8 Å². The lowest BCUT2D eigenvalue weighted by molar-refractivity contribution is -0.112. The molecule has 36 heavy (non-hydrogen) atoms. The Kier molecular flexibility index (Phi) is 8.84. The number of amides is 2. The van der Waals surface area contributed by atoms with Gasteiger partial charge in [-0.2, -0.15) is 5.26 Å². The van der Waals surface area contributed by atoms with Crippen molar-refractivity contribution in [2.75, 3.05) is 18.4 Å². The quantitative estimate of drug-likeness (QED) is 0.251. The fourth-order valence-electron chi connectivity index (χ4n) is 3.97. The van der Waals surface area contributed by atoms with Crippen molar-refractivity contribution >= 4 is 35.7 Å². The van der Waals surface area contributed by atoms with Crippen molar-refractivity contribution in [3.63, 3.8) is 0 Å². The lowest BCUT2D eigenvalue weighted by Gasteiger charge is -2.17. The van der Waals surface area contributed by atoms with Gasteiger partial charge in [0.15, 0.2) is 11.3 Å². The minimum atomic E-state index is -0.785. The average Bonchev–Trinajstić information content (AvgIpc) is 3.49. The first-order chi connectivity index (χ1) is 16.9. The number of hydrogen-bond donors (Lipinski definition) is 3. The van der Waals surface area contributed by atoms with Gasteiger partial charge >= 0.3 is 0 Å². The van der Waals surface area contributed by atoms with Crippen molar-refractivity contribution in [1.29, 1.82) is 5.26 Å². The highest BCUT2D eigenvalue weighted by Crippen LogP contribution is 2.21. The van der Waals surface area contributed by atoms with Crippen LogP contribution in [0.5, 0.6) is 0 Å². The molecule has 2 heterocycles. The Morgan fingerprint density at radius 3 is 2.56 bits per heavy atom. The Bertz CT molecular complexity index is 1280. The Balaban J connectivity index is 0.00000361. The summed E-state index contributed by atoms with van der Waals surface area (Å²) in [5.41, 5.74) is 1.78. The fraction of sp³-hybridized carbons (Fsp3) is 0.231. The van der Waals surface area contributed by atoms with E-state index in [1.165, 1.54) is 11.8 Å². The number of nitriles is 1. The van der Waals surface area contributed by atoms with Crippen molar-refractivity contribution in [3.8, 4) is 6.07 Å². The summed E-state index contributed by atoms with van der Waals surface area (Å²) in [6, 6.07) is 18.3. The number of aliphatic hydroxyl groups is 1. The number of halogens is 1. The molecule has 1 aliphatic rings. The number of rotatable bonds is 7. The third-order valence-electron chi connectivity index (χ3n) is 5.84. The summed E-state index contributed by atoms with van der Waals surface area (Å²) in [4.78, 5) is 27.5. The van der Waals surface area contributed by atoms with Gasteiger partial charge in [-0.25, -0.2) is 0 Å². The number of benzene rings is 2. The van der Waals surface area contributed by atoms with Gasteiger partial charge in [0.2, 0.25) is 0 Å². The molecule has 3 N–H and O–H groups in total. The molecule has 10 heteroatoms. The average molecular weight is 508 g/mol. The van der Waals surface area contributed by atoms with Crippen LogP contribution in [0, 0.1) is 18.3 Å². The summed E-state index contributed by atoms with van der Waals surface area (Å²) in [6.45, 7) is 4.11. The van der Waals surface area contributed by atoms with Crippen LogP contribution in [0.1, 0.15) is 33.7 Å². The Hall–Kier alpha value is -4.13. The van der Waals surface area contributed by atoms with Crippen LogP contribution in [-0.2, 0) is 11.3 Å². The third kappa shape index (κ3) is 6.30. The fourth-order valence-corrected chi connectivity index (χ4v) is 3.97. The maximum absolute atomic E-state index is 12.7. The Labute approximate surface area is 214 Å². The second-order valence-electron chi connectivity index (χ2n) is 8.34. The van der Waals surface area contributed by atoms with E-state index in [1.54, 1.807) is 37.3 Å². The minimum absolute atomic E-state index is 0. The number of hydrogen-bond acceptors (Lipinski definition) is 7. The van der Waals surface area contributed by atoms with E-state index in [4.69, 9.17) is 4.52 Å². The maximum atomic E-state index is 12.7. The molecule has 9 nitrogen and oxygen atoms in total. The molecule has 0 aliphatic carbocycles. The molecule has 0 spiro atoms. The second kappa shape index (κ2) is 12.0. The smallest absolute Gasteiger partial charge is 0.270 e. The lowest BCUT2D eigenvalue weighted by Crippen LogP contribution is -2.37. The molecule has 1 saturated heterocycles. The maximum Gasteiger partial charge on any atom is 0.270 e. The summed E-state index contributed by atoms with van der Waals surface area (Å²) in [7, 11) is 0. The van der Waals surface area contributed by atoms with Crippen molar-refractivity contribution < 1.29 is 19.2 Å². The van der Waals surface area contributed by atoms with Crippen LogP contribution < -0.4 is 10.6 Å². The zero-order valence-electron chi connectivity index (χ0n) is 19.6. The SMILES string of the molecule is Cc1oncc1/C(O)=C(\C#N)C(=O)Nc1ccc(C(=O)N[C@H]2CCN(Cc3ccccc3)C2)cc1.Cl. The van der Waals surface area contributed by atoms with Crippen LogP contribution in [0.25, 0.3) is 5.76 Å². The molecule has 2 aromatic carbocycles. The van der Waals surface area contributed by atoms with Crippen LogP contribution in [0.15, 0.2) is 70.9 Å². The summed E-state index contributed by atoms with van der Waals surface area (Å²) in [5, 5.41) is 28.8. The van der Waals surface area contributed by atoms with Gasteiger partial charge in [0.25, 0.3) is 11.8 Å². The number of carbonyl (C=O) groups is 2. The first-order valence-electron chi connectivity index (χ1n) is 11.2. The molecule has 0 bridgehead atoms. The Morgan fingerprint density at radius 2 is 1.92 bits per heavy atom. The van der Waals surface area contributed by atoms with Crippen molar-refractivity contribution in [1.82, 2.24) is 15.4 Å². The highest BCUT2D eigenvalue weighted by Gasteiger charge is 2.24. The lowest BCUT2D eigenvalue weighted by atomic mass is 10.1. The predicted molar refractivity (Wildman–Crippen MR) is 136 cm³/mol. The number of anilines is 1. The van der Waals surface area contributed by atoms with Crippen LogP contribution in [0.2, 0.25) is 0 Å². The van der Waals surface area contributed by atoms with E-state index < -0.39 is 17.2 Å². The number of nitrogens with one attached hydrogen (secondary N) is 2. The topological polar surface area (TPSA) is 131 Å². The molecule has 1 aliphatic heterocycles. The molecule has 2 amide bonds. The molecule has 0 unspecified atom stereocenters. The summed E-state index contributed by atoms with van der Waals surface area (Å²) >= 11 is 0. The molecule has 4 rings (SSSR count). The van der Waals surface area contributed by atoms with Gasteiger partial charge in [-0.05, 0) is 43.2 Å². The van der Waals surface area contributed by atoms with Gasteiger partial charge < -0.3 is 20.3 Å². The van der Waals surface area contributed by atoms with E-state index in [2.05, 4.69) is 32.8 Å². The number of aliphatic hydroxyl groups excluding tert-OH is 1. The van der Waals surface area contributed by atoms with Gasteiger partial charge in [-0.15, -0.1) is 12.4 Å². The highest BCUT2D eigenvalue weighted by atomic mass is 35.5. The second-order valence-corrected chi connectivity index (χ2v) is 8.34. The summed E-state index contributed by atoms with van der Waals surface area (Å²) in [5.74, 6) is -1.21. The third-order valence-corrected chi connectivity index (χ3v) is 5.84. The van der Waals surface area contributed by atoms with E-state index in [-0.39, 0.29) is 35.7 Å². The van der Waals surface area contributed by atoms with Gasteiger partial charge in [-0.1, -0.05) is 35.5 Å². The van der Waals surface area contributed by atoms with Crippen molar-refractivity contribution in [2.24, 2.45) is 0 Å². The highest BCUT2D eigenvalue weighted by molar-refractivity contribution is 6.11. The van der Waals surface area contributed by atoms with Gasteiger partial charge in [0.05, 0.1) is 11.8 Å². The molecule has 3 aromatic rings. The van der Waals surface area contributed by atoms with Gasteiger partial charge in [0, 0.05) is 36.9 Å². The van der Waals surface area contributed by atoms with Gasteiger partial charge in [-0.3, -0.25) is 14.5 Å². The molecular weight excluding hydrogens is 482 g/mol. The Morgan fingerprint density at radius 1 is 1.19 bits per heavy atom. The predicted octanol–water partition coefficient (Wildman–Crippen LogP) is 3.84. The molecular formula is C26H26ClN5O4. The normalized spacial score (nSPS) is 15.8. The van der Waals surface area contributed by atoms with Crippen LogP contribution in [0.4, 0.5) is 5.69 Å². The van der Waals surface area contributed by atoms with Crippen LogP contribution in [0.3, 0.4) is 0 Å². The standard InChI is InChI=1S/C26H25N5O4.ClH/c1-17-23(14-28-35-17)24(32)22(13-27)26(34)29-20-9-7-19(8-10-20)25(33)30-21-11-12-31(16-21)15-18-5-3-2-4-6-18;/h2-10,14,21,32H,11-12,15-16H2,1H3,(H,29,34)(H,30,33);1H/b24-22-;/t21-;/m0./s1. The van der Waals surface area contributed by atoms with Gasteiger partial charge in [0.1, 0.15) is 11.8 Å². The van der Waals surface area contributed by atoms with E-state index >= 15 is 0 Å². The summed E-state index contributed by atoms with van der Waals surface area (Å²) in [6.07, 6.45) is 2.11. The zero-order chi connectivity index (χ0) is 24.8. The molecule has 186 valence electrons. The summed E-state index contributed by atoms with van der Waals surface area (Å²) < 4.78 is 4.87. The molecule has 0 radical (unpaired) electrons. The number of aromatic nitrogens is 1. The van der Waals surface area contributed by atoms with Crippen molar-refractivity contribution in [2.45, 2.75) is 25.9 Å². The number of likely N-dealkylation sites (tertiary alicyclic amines) is 1. The monoisotopic (exact) mass is 507 g/mol. The molecule has 1 fully saturated rings. The molecule has 1 aromatic heterocycles.